The standard InChI is InChI=1S/C20H17N3O2S/c1-13-3-7-15(8-4-13)19-17(12-24)23-20(21-19)26-18(22-23)11-14-5-9-16(25-2)10-6-14/h3-10,12H,11H2,1-2H3. The monoisotopic (exact) mass is 363 g/mol. The molecule has 0 atom stereocenters. The number of benzene rings is 2. The number of imidazole rings is 1. The summed E-state index contributed by atoms with van der Waals surface area (Å²) in [6.45, 7) is 2.03. The van der Waals surface area contributed by atoms with Crippen LogP contribution in [0.15, 0.2) is 48.5 Å². The first-order valence-corrected chi connectivity index (χ1v) is 9.03. The van der Waals surface area contributed by atoms with Crippen LogP contribution in [0.4, 0.5) is 0 Å². The van der Waals surface area contributed by atoms with Crippen molar-refractivity contribution >= 4 is 22.6 Å². The van der Waals surface area contributed by atoms with E-state index in [1.54, 1.807) is 11.6 Å². The molecule has 2 aromatic carbocycles. The van der Waals surface area contributed by atoms with Crippen LogP contribution in [0.5, 0.6) is 5.75 Å². The highest BCUT2D eigenvalue weighted by Gasteiger charge is 2.17. The van der Waals surface area contributed by atoms with E-state index in [0.29, 0.717) is 17.8 Å². The molecule has 0 saturated carbocycles. The SMILES string of the molecule is COc1ccc(Cc2nn3c(C=O)c(-c4ccc(C)cc4)nc3s2)cc1. The summed E-state index contributed by atoms with van der Waals surface area (Å²) >= 11 is 1.50. The van der Waals surface area contributed by atoms with Crippen LogP contribution in [0.2, 0.25) is 0 Å². The van der Waals surface area contributed by atoms with Crippen molar-refractivity contribution in [3.63, 3.8) is 0 Å². The molecule has 0 fully saturated rings. The van der Waals surface area contributed by atoms with Crippen LogP contribution in [0.25, 0.3) is 16.2 Å². The quantitative estimate of drug-likeness (QED) is 0.499. The average Bonchev–Trinajstić information content (AvgIpc) is 3.20. The molecule has 2 aromatic heterocycles. The molecule has 0 aliphatic heterocycles. The lowest BCUT2D eigenvalue weighted by atomic mass is 10.1. The van der Waals surface area contributed by atoms with Crippen molar-refractivity contribution in [1.82, 2.24) is 14.6 Å². The van der Waals surface area contributed by atoms with Gasteiger partial charge in [-0.15, -0.1) is 0 Å². The van der Waals surface area contributed by atoms with Crippen LogP contribution in [-0.4, -0.2) is 28.0 Å². The summed E-state index contributed by atoms with van der Waals surface area (Å²) in [6, 6.07) is 15.9. The summed E-state index contributed by atoms with van der Waals surface area (Å²) in [6.07, 6.45) is 1.52. The Morgan fingerprint density at radius 3 is 2.50 bits per heavy atom. The summed E-state index contributed by atoms with van der Waals surface area (Å²) < 4.78 is 6.83. The molecule has 0 unspecified atom stereocenters. The van der Waals surface area contributed by atoms with Crippen LogP contribution >= 0.6 is 11.3 Å². The number of aromatic nitrogens is 3. The van der Waals surface area contributed by atoms with Crippen LogP contribution < -0.4 is 4.74 Å². The van der Waals surface area contributed by atoms with Gasteiger partial charge >= 0.3 is 0 Å². The van der Waals surface area contributed by atoms with Crippen molar-refractivity contribution < 1.29 is 9.53 Å². The van der Waals surface area contributed by atoms with Crippen LogP contribution in [0.1, 0.15) is 26.6 Å². The molecule has 5 nitrogen and oxygen atoms in total. The van der Waals surface area contributed by atoms with Gasteiger partial charge in [0.1, 0.15) is 22.1 Å². The minimum atomic E-state index is 0.487. The smallest absolute Gasteiger partial charge is 0.213 e. The summed E-state index contributed by atoms with van der Waals surface area (Å²) in [5.74, 6) is 0.827. The van der Waals surface area contributed by atoms with E-state index < -0.39 is 0 Å². The summed E-state index contributed by atoms with van der Waals surface area (Å²) in [5, 5.41) is 5.51. The predicted molar refractivity (Wildman–Crippen MR) is 102 cm³/mol. The number of aldehydes is 1. The Morgan fingerprint density at radius 2 is 1.85 bits per heavy atom. The number of methoxy groups -OCH3 is 1. The van der Waals surface area contributed by atoms with E-state index in [-0.39, 0.29) is 0 Å². The first kappa shape index (κ1) is 16.5. The van der Waals surface area contributed by atoms with Gasteiger partial charge < -0.3 is 4.74 Å². The van der Waals surface area contributed by atoms with Crippen LogP contribution in [-0.2, 0) is 6.42 Å². The lowest BCUT2D eigenvalue weighted by Crippen LogP contribution is -1.96. The third-order valence-corrected chi connectivity index (χ3v) is 5.14. The van der Waals surface area contributed by atoms with E-state index in [2.05, 4.69) is 10.1 Å². The highest BCUT2D eigenvalue weighted by atomic mass is 32.1. The highest BCUT2D eigenvalue weighted by molar-refractivity contribution is 7.16. The second-order valence-corrected chi connectivity index (χ2v) is 7.09. The largest absolute Gasteiger partial charge is 0.497 e. The number of carbonyl (C=O) groups excluding carboxylic acids is 1. The normalized spacial score (nSPS) is 11.0. The Kier molecular flexibility index (Phi) is 4.26. The van der Waals surface area contributed by atoms with Crippen LogP contribution in [0.3, 0.4) is 0 Å². The highest BCUT2D eigenvalue weighted by Crippen LogP contribution is 2.27. The zero-order valence-electron chi connectivity index (χ0n) is 14.5. The van der Waals surface area contributed by atoms with Gasteiger partial charge in [-0.05, 0) is 24.6 Å². The van der Waals surface area contributed by atoms with Gasteiger partial charge in [0.25, 0.3) is 0 Å². The number of fused-ring (bicyclic) bond motifs is 1. The molecule has 0 aliphatic rings. The number of hydrogen-bond donors (Lipinski definition) is 0. The van der Waals surface area contributed by atoms with Crippen molar-refractivity contribution in [2.45, 2.75) is 13.3 Å². The molecule has 0 spiro atoms. The van der Waals surface area contributed by atoms with Gasteiger partial charge in [0.2, 0.25) is 4.96 Å². The van der Waals surface area contributed by atoms with Gasteiger partial charge in [-0.3, -0.25) is 4.79 Å². The van der Waals surface area contributed by atoms with Gasteiger partial charge in [0.15, 0.2) is 6.29 Å². The zero-order chi connectivity index (χ0) is 18.1. The molecule has 0 aliphatic carbocycles. The fourth-order valence-electron chi connectivity index (χ4n) is 2.82. The molecule has 4 rings (SSSR count). The van der Waals surface area contributed by atoms with Gasteiger partial charge in [-0.2, -0.15) is 9.61 Å². The molecule has 2 heterocycles. The third-order valence-electron chi connectivity index (χ3n) is 4.23. The van der Waals surface area contributed by atoms with Gasteiger partial charge in [-0.25, -0.2) is 4.98 Å². The first-order valence-electron chi connectivity index (χ1n) is 8.21. The zero-order valence-corrected chi connectivity index (χ0v) is 15.3. The Hall–Kier alpha value is -2.99. The van der Waals surface area contributed by atoms with Crippen molar-refractivity contribution in [3.8, 4) is 17.0 Å². The molecule has 6 heteroatoms. The molecule has 0 bridgehead atoms. The molecular formula is C20H17N3O2S. The van der Waals surface area contributed by atoms with Crippen molar-refractivity contribution in [3.05, 3.63) is 70.4 Å². The number of nitrogens with zero attached hydrogens (tertiary/aromatic N) is 3. The summed E-state index contributed by atoms with van der Waals surface area (Å²) in [5.41, 5.74) is 4.39. The maximum Gasteiger partial charge on any atom is 0.213 e. The molecule has 0 radical (unpaired) electrons. The predicted octanol–water partition coefficient (Wildman–Crippen LogP) is 4.18. The number of rotatable bonds is 5. The van der Waals surface area contributed by atoms with Crippen molar-refractivity contribution in [2.24, 2.45) is 0 Å². The first-order chi connectivity index (χ1) is 12.7. The Morgan fingerprint density at radius 1 is 1.12 bits per heavy atom. The lowest BCUT2D eigenvalue weighted by Gasteiger charge is -2.01. The minimum absolute atomic E-state index is 0.487. The maximum absolute atomic E-state index is 11.7. The molecule has 4 aromatic rings. The van der Waals surface area contributed by atoms with E-state index in [4.69, 9.17) is 4.74 Å². The molecule has 130 valence electrons. The Labute approximate surface area is 154 Å². The summed E-state index contributed by atoms with van der Waals surface area (Å²) in [7, 11) is 1.65. The number of ether oxygens (including phenoxy) is 1. The minimum Gasteiger partial charge on any atom is -0.497 e. The third kappa shape index (κ3) is 2.99. The van der Waals surface area contributed by atoms with E-state index in [9.17, 15) is 4.79 Å². The van der Waals surface area contributed by atoms with E-state index in [1.807, 2.05) is 55.5 Å². The van der Waals surface area contributed by atoms with E-state index in [0.717, 1.165) is 33.1 Å². The number of aryl methyl sites for hydroxylation is 1. The van der Waals surface area contributed by atoms with Gasteiger partial charge in [-0.1, -0.05) is 53.3 Å². The van der Waals surface area contributed by atoms with E-state index >= 15 is 0 Å². The number of carbonyl (C=O) groups is 1. The average molecular weight is 363 g/mol. The molecular weight excluding hydrogens is 346 g/mol. The fourth-order valence-corrected chi connectivity index (χ4v) is 3.76. The molecule has 0 amide bonds. The van der Waals surface area contributed by atoms with Gasteiger partial charge in [0.05, 0.1) is 7.11 Å². The second kappa shape index (κ2) is 6.72. The van der Waals surface area contributed by atoms with Crippen molar-refractivity contribution in [2.75, 3.05) is 7.11 Å². The Balaban J connectivity index is 1.68. The molecule has 0 N–H and O–H groups in total. The Bertz CT molecular complexity index is 1060. The lowest BCUT2D eigenvalue weighted by molar-refractivity contribution is 0.111. The summed E-state index contributed by atoms with van der Waals surface area (Å²) in [4.78, 5) is 17.0. The fraction of sp³-hybridized carbons (Fsp3) is 0.150. The topological polar surface area (TPSA) is 56.5 Å². The van der Waals surface area contributed by atoms with Crippen molar-refractivity contribution in [1.29, 1.82) is 0 Å². The second-order valence-electron chi connectivity index (χ2n) is 6.04. The molecule has 26 heavy (non-hydrogen) atoms. The molecule has 0 saturated heterocycles. The van der Waals surface area contributed by atoms with E-state index in [1.165, 1.54) is 16.9 Å². The number of hydrogen-bond acceptors (Lipinski definition) is 5. The van der Waals surface area contributed by atoms with Crippen LogP contribution in [0, 0.1) is 6.92 Å². The van der Waals surface area contributed by atoms with Gasteiger partial charge in [0, 0.05) is 12.0 Å². The maximum atomic E-state index is 11.7.